The summed E-state index contributed by atoms with van der Waals surface area (Å²) in [5.74, 6) is 1.43. The second kappa shape index (κ2) is 5.64. The van der Waals surface area contributed by atoms with Crippen LogP contribution in [0.15, 0.2) is 18.3 Å². The van der Waals surface area contributed by atoms with Crippen molar-refractivity contribution in [2.24, 2.45) is 0 Å². The molecule has 0 bridgehead atoms. The first-order valence-corrected chi connectivity index (χ1v) is 8.42. The number of benzene rings is 1. The monoisotopic (exact) mass is 346 g/mol. The smallest absolute Gasteiger partial charge is 0.214 e. The van der Waals surface area contributed by atoms with Gasteiger partial charge >= 0.3 is 0 Å². The number of hydrogen-bond acceptors (Lipinski definition) is 7. The number of aromatic nitrogens is 3. The van der Waals surface area contributed by atoms with Gasteiger partial charge in [-0.05, 0) is 19.1 Å². The Morgan fingerprint density at radius 2 is 2.00 bits per heavy atom. The highest BCUT2D eigenvalue weighted by Gasteiger charge is 2.31. The van der Waals surface area contributed by atoms with Gasteiger partial charge in [0.25, 0.3) is 0 Å². The van der Waals surface area contributed by atoms with Crippen molar-refractivity contribution in [1.82, 2.24) is 14.6 Å². The molecule has 0 saturated heterocycles. The molecule has 0 saturated carbocycles. The number of aryl methyl sites for hydroxylation is 1. The van der Waals surface area contributed by atoms with Gasteiger partial charge in [0.1, 0.15) is 17.6 Å². The summed E-state index contributed by atoms with van der Waals surface area (Å²) in [4.78, 5) is 7.33. The summed E-state index contributed by atoms with van der Waals surface area (Å²) >= 11 is 1.51. The molecule has 1 aliphatic heterocycles. The van der Waals surface area contributed by atoms with Crippen molar-refractivity contribution >= 4 is 21.4 Å². The Balaban J connectivity index is 1.75. The number of imidazole rings is 1. The van der Waals surface area contributed by atoms with Gasteiger partial charge < -0.3 is 19.5 Å². The molecule has 1 aromatic carbocycles. The Morgan fingerprint density at radius 3 is 2.71 bits per heavy atom. The molecule has 0 aliphatic carbocycles. The molecule has 126 valence electrons. The first kappa shape index (κ1) is 15.2. The van der Waals surface area contributed by atoms with E-state index in [9.17, 15) is 5.11 Å². The Hall–Kier alpha value is -2.32. The summed E-state index contributed by atoms with van der Waals surface area (Å²) in [6.07, 6.45) is 1.23. The van der Waals surface area contributed by atoms with Gasteiger partial charge in [-0.15, -0.1) is 5.10 Å². The van der Waals surface area contributed by atoms with Crippen LogP contribution in [-0.4, -0.2) is 40.5 Å². The van der Waals surface area contributed by atoms with Crippen LogP contribution in [-0.2, 0) is 6.54 Å². The molecular formula is C16H18N4O3S. The number of aliphatic hydroxyl groups excluding tert-OH is 1. The van der Waals surface area contributed by atoms with Crippen LogP contribution in [0, 0.1) is 6.92 Å². The molecule has 3 heterocycles. The summed E-state index contributed by atoms with van der Waals surface area (Å²) in [6, 6.07) is 3.70. The van der Waals surface area contributed by atoms with Crippen molar-refractivity contribution in [2.75, 3.05) is 25.7 Å². The van der Waals surface area contributed by atoms with Gasteiger partial charge in [-0.25, -0.2) is 9.50 Å². The summed E-state index contributed by atoms with van der Waals surface area (Å²) in [5, 5.41) is 16.1. The van der Waals surface area contributed by atoms with Crippen LogP contribution in [0.2, 0.25) is 0 Å². The number of β-amino-alcohol motifs (C(OH)–C–C–N with tert-alkyl or cyclic N) is 1. The van der Waals surface area contributed by atoms with E-state index < -0.39 is 6.10 Å². The minimum Gasteiger partial charge on any atom is -0.496 e. The van der Waals surface area contributed by atoms with Crippen LogP contribution < -0.4 is 14.4 Å². The zero-order valence-corrected chi connectivity index (χ0v) is 14.5. The number of anilines is 1. The number of fused-ring (bicyclic) bond motifs is 2. The van der Waals surface area contributed by atoms with Crippen LogP contribution in [0.5, 0.6) is 11.5 Å². The van der Waals surface area contributed by atoms with Gasteiger partial charge in [-0.2, -0.15) is 0 Å². The number of methoxy groups -OCH3 is 2. The van der Waals surface area contributed by atoms with Gasteiger partial charge in [-0.3, -0.25) is 0 Å². The molecule has 0 amide bonds. The predicted octanol–water partition coefficient (Wildman–Crippen LogP) is 2.17. The summed E-state index contributed by atoms with van der Waals surface area (Å²) in [5.41, 5.74) is 2.67. The van der Waals surface area contributed by atoms with E-state index in [0.29, 0.717) is 18.8 Å². The van der Waals surface area contributed by atoms with Crippen LogP contribution in [0.1, 0.15) is 22.9 Å². The molecule has 2 aromatic heterocycles. The molecule has 4 rings (SSSR count). The lowest BCUT2D eigenvalue weighted by Crippen LogP contribution is -2.34. The van der Waals surface area contributed by atoms with E-state index in [-0.39, 0.29) is 0 Å². The lowest BCUT2D eigenvalue weighted by molar-refractivity contribution is 0.169. The maximum Gasteiger partial charge on any atom is 0.214 e. The zero-order valence-electron chi connectivity index (χ0n) is 13.7. The first-order chi connectivity index (χ1) is 11.6. The van der Waals surface area contributed by atoms with Crippen LogP contribution >= 0.6 is 11.3 Å². The third kappa shape index (κ3) is 2.30. The van der Waals surface area contributed by atoms with Crippen molar-refractivity contribution in [3.63, 3.8) is 0 Å². The summed E-state index contributed by atoms with van der Waals surface area (Å²) in [6.45, 7) is 2.99. The Bertz CT molecular complexity index is 873. The fourth-order valence-electron chi connectivity index (χ4n) is 3.15. The van der Waals surface area contributed by atoms with Crippen molar-refractivity contribution in [2.45, 2.75) is 19.6 Å². The predicted molar refractivity (Wildman–Crippen MR) is 91.2 cm³/mol. The van der Waals surface area contributed by atoms with Crippen LogP contribution in [0.25, 0.3) is 4.96 Å². The zero-order chi connectivity index (χ0) is 16.8. The third-order valence-corrected chi connectivity index (χ3v) is 5.20. The van der Waals surface area contributed by atoms with E-state index in [1.807, 2.05) is 30.2 Å². The first-order valence-electron chi connectivity index (χ1n) is 7.60. The largest absolute Gasteiger partial charge is 0.496 e. The van der Waals surface area contributed by atoms with Crippen molar-refractivity contribution in [3.05, 3.63) is 35.2 Å². The van der Waals surface area contributed by atoms with Crippen LogP contribution in [0.3, 0.4) is 0 Å². The van der Waals surface area contributed by atoms with Gasteiger partial charge in [0, 0.05) is 17.7 Å². The molecule has 0 spiro atoms. The van der Waals surface area contributed by atoms with Gasteiger partial charge in [0.2, 0.25) is 10.1 Å². The Kier molecular flexibility index (Phi) is 3.58. The van der Waals surface area contributed by atoms with E-state index in [0.717, 1.165) is 32.7 Å². The fraction of sp³-hybridized carbons (Fsp3) is 0.375. The second-order valence-corrected chi connectivity index (χ2v) is 6.69. The number of aliphatic hydroxyl groups is 1. The summed E-state index contributed by atoms with van der Waals surface area (Å²) in [7, 11) is 3.24. The molecule has 1 N–H and O–H groups in total. The maximum absolute atomic E-state index is 10.7. The number of rotatable bonds is 3. The molecule has 1 atom stereocenters. The molecule has 0 fully saturated rings. The van der Waals surface area contributed by atoms with Gasteiger partial charge in [0.15, 0.2) is 0 Å². The van der Waals surface area contributed by atoms with Crippen molar-refractivity contribution in [3.8, 4) is 11.5 Å². The standard InChI is InChI=1S/C16H18N4O3S/c1-9-6-20-15(17-9)24-16(18-20)19-7-10-12(22-2)4-5-13(23-3)14(10)11(21)8-19/h4-6,11,21H,7-8H2,1-3H3/t11-/m1/s1. The van der Waals surface area contributed by atoms with Gasteiger partial charge in [-0.1, -0.05) is 11.3 Å². The number of hydrogen-bond donors (Lipinski definition) is 1. The third-order valence-electron chi connectivity index (χ3n) is 4.21. The lowest BCUT2D eigenvalue weighted by Gasteiger charge is -2.33. The van der Waals surface area contributed by atoms with Gasteiger partial charge in [0.05, 0.1) is 32.7 Å². The Morgan fingerprint density at radius 1 is 1.25 bits per heavy atom. The van der Waals surface area contributed by atoms with E-state index in [1.54, 1.807) is 18.7 Å². The lowest BCUT2D eigenvalue weighted by atomic mass is 9.95. The molecule has 7 nitrogen and oxygen atoms in total. The van der Waals surface area contributed by atoms with E-state index in [1.165, 1.54) is 11.3 Å². The highest BCUT2D eigenvalue weighted by atomic mass is 32.1. The highest BCUT2D eigenvalue weighted by molar-refractivity contribution is 7.20. The number of ether oxygens (including phenoxy) is 2. The van der Waals surface area contributed by atoms with Crippen molar-refractivity contribution < 1.29 is 14.6 Å². The molecule has 1 aliphatic rings. The van der Waals surface area contributed by atoms with Crippen molar-refractivity contribution in [1.29, 1.82) is 0 Å². The average molecular weight is 346 g/mol. The molecule has 3 aromatic rings. The number of nitrogens with zero attached hydrogens (tertiary/aromatic N) is 4. The second-order valence-electron chi connectivity index (χ2n) is 5.75. The quantitative estimate of drug-likeness (QED) is 0.784. The van der Waals surface area contributed by atoms with E-state index in [4.69, 9.17) is 9.47 Å². The fourth-order valence-corrected chi connectivity index (χ4v) is 4.09. The minimum absolute atomic E-state index is 0.451. The molecule has 8 heteroatoms. The SMILES string of the molecule is COc1ccc(OC)c2c1CN(c1nn3cc(C)nc3s1)C[C@H]2O. The molecule has 0 radical (unpaired) electrons. The Labute approximate surface area is 143 Å². The summed E-state index contributed by atoms with van der Waals surface area (Å²) < 4.78 is 12.7. The molecular weight excluding hydrogens is 328 g/mol. The maximum atomic E-state index is 10.7. The molecule has 24 heavy (non-hydrogen) atoms. The molecule has 0 unspecified atom stereocenters. The average Bonchev–Trinajstić information content (AvgIpc) is 3.11. The highest BCUT2D eigenvalue weighted by Crippen LogP contribution is 2.41. The van der Waals surface area contributed by atoms with Crippen LogP contribution in [0.4, 0.5) is 5.13 Å². The van der Waals surface area contributed by atoms with E-state index in [2.05, 4.69) is 10.1 Å². The topological polar surface area (TPSA) is 72.1 Å². The normalized spacial score (nSPS) is 17.2. The minimum atomic E-state index is -0.670. The van der Waals surface area contributed by atoms with E-state index >= 15 is 0 Å².